The van der Waals surface area contributed by atoms with Gasteiger partial charge in [0.1, 0.15) is 0 Å². The molecule has 0 bridgehead atoms. The van der Waals surface area contributed by atoms with Crippen LogP contribution in [0, 0.1) is 20.8 Å². The summed E-state index contributed by atoms with van der Waals surface area (Å²) in [5, 5.41) is 7.14. The van der Waals surface area contributed by atoms with E-state index >= 15 is 0 Å². The Balaban J connectivity index is 2.35. The molecular formula is C14H22N2. The van der Waals surface area contributed by atoms with Crippen molar-refractivity contribution in [2.45, 2.75) is 39.8 Å². The van der Waals surface area contributed by atoms with Gasteiger partial charge < -0.3 is 10.6 Å². The SMILES string of the molecule is Cc1cc(C)c(C2NCCNC2C)cc1C. The Bertz CT molecular complexity index is 385. The number of hydrogen-bond acceptors (Lipinski definition) is 2. The molecule has 2 nitrogen and oxygen atoms in total. The van der Waals surface area contributed by atoms with Crippen molar-refractivity contribution in [3.05, 3.63) is 34.4 Å². The fourth-order valence-corrected chi connectivity index (χ4v) is 2.52. The summed E-state index contributed by atoms with van der Waals surface area (Å²) in [4.78, 5) is 0. The van der Waals surface area contributed by atoms with Gasteiger partial charge in [0.2, 0.25) is 0 Å². The highest BCUT2D eigenvalue weighted by molar-refractivity contribution is 5.39. The van der Waals surface area contributed by atoms with Crippen LogP contribution in [-0.4, -0.2) is 19.1 Å². The standard InChI is InChI=1S/C14H22N2/c1-9-7-11(3)13(8-10(9)2)14-12(4)15-5-6-16-14/h7-8,12,14-16H,5-6H2,1-4H3. The summed E-state index contributed by atoms with van der Waals surface area (Å²) >= 11 is 0. The summed E-state index contributed by atoms with van der Waals surface area (Å²) in [6.07, 6.45) is 0. The van der Waals surface area contributed by atoms with E-state index in [-0.39, 0.29) is 0 Å². The van der Waals surface area contributed by atoms with Crippen molar-refractivity contribution in [2.75, 3.05) is 13.1 Å². The molecule has 0 amide bonds. The predicted molar refractivity (Wildman–Crippen MR) is 68.9 cm³/mol. The minimum atomic E-state index is 0.452. The molecule has 16 heavy (non-hydrogen) atoms. The molecule has 1 aromatic carbocycles. The number of benzene rings is 1. The summed E-state index contributed by atoms with van der Waals surface area (Å²) in [5.74, 6) is 0. The van der Waals surface area contributed by atoms with E-state index < -0.39 is 0 Å². The van der Waals surface area contributed by atoms with Crippen molar-refractivity contribution in [3.8, 4) is 0 Å². The second kappa shape index (κ2) is 4.56. The van der Waals surface area contributed by atoms with Crippen molar-refractivity contribution in [1.29, 1.82) is 0 Å². The van der Waals surface area contributed by atoms with Gasteiger partial charge in [-0.15, -0.1) is 0 Å². The molecule has 1 fully saturated rings. The maximum atomic E-state index is 3.61. The second-order valence-corrected chi connectivity index (χ2v) is 4.97. The van der Waals surface area contributed by atoms with Gasteiger partial charge in [-0.2, -0.15) is 0 Å². The van der Waals surface area contributed by atoms with Gasteiger partial charge in [0.25, 0.3) is 0 Å². The van der Waals surface area contributed by atoms with E-state index in [4.69, 9.17) is 0 Å². The minimum Gasteiger partial charge on any atom is -0.311 e. The van der Waals surface area contributed by atoms with E-state index in [9.17, 15) is 0 Å². The first kappa shape index (κ1) is 11.6. The molecule has 0 aliphatic carbocycles. The second-order valence-electron chi connectivity index (χ2n) is 4.97. The van der Waals surface area contributed by atoms with Crippen molar-refractivity contribution < 1.29 is 0 Å². The number of hydrogen-bond donors (Lipinski definition) is 2. The lowest BCUT2D eigenvalue weighted by Crippen LogP contribution is -2.49. The van der Waals surface area contributed by atoms with Gasteiger partial charge in [-0.25, -0.2) is 0 Å². The molecule has 88 valence electrons. The molecule has 0 radical (unpaired) electrons. The summed E-state index contributed by atoms with van der Waals surface area (Å²) in [6, 6.07) is 5.60. The highest BCUT2D eigenvalue weighted by atomic mass is 15.1. The van der Waals surface area contributed by atoms with E-state index in [1.807, 2.05) is 0 Å². The Hall–Kier alpha value is -0.860. The molecular weight excluding hydrogens is 196 g/mol. The first-order chi connectivity index (χ1) is 7.59. The molecule has 1 aliphatic rings. The Kier molecular flexibility index (Phi) is 3.31. The van der Waals surface area contributed by atoms with Crippen LogP contribution in [0.25, 0.3) is 0 Å². The summed E-state index contributed by atoms with van der Waals surface area (Å²) in [6.45, 7) is 11.0. The van der Waals surface area contributed by atoms with Gasteiger partial charge in [-0.1, -0.05) is 12.1 Å². The van der Waals surface area contributed by atoms with Crippen LogP contribution in [0.4, 0.5) is 0 Å². The molecule has 2 heteroatoms. The van der Waals surface area contributed by atoms with Crippen molar-refractivity contribution in [2.24, 2.45) is 0 Å². The van der Waals surface area contributed by atoms with Crippen molar-refractivity contribution in [1.82, 2.24) is 10.6 Å². The molecule has 1 aliphatic heterocycles. The maximum Gasteiger partial charge on any atom is 0.0476 e. The Morgan fingerprint density at radius 3 is 2.25 bits per heavy atom. The molecule has 2 rings (SSSR count). The summed E-state index contributed by atoms with van der Waals surface area (Å²) < 4.78 is 0. The van der Waals surface area contributed by atoms with Gasteiger partial charge in [0, 0.05) is 25.2 Å². The smallest absolute Gasteiger partial charge is 0.0476 e. The third-order valence-corrected chi connectivity index (χ3v) is 3.67. The number of rotatable bonds is 1. The van der Waals surface area contributed by atoms with E-state index in [0.29, 0.717) is 12.1 Å². The molecule has 1 heterocycles. The molecule has 1 saturated heterocycles. The first-order valence-electron chi connectivity index (χ1n) is 6.14. The van der Waals surface area contributed by atoms with E-state index in [1.165, 1.54) is 22.3 Å². The van der Waals surface area contributed by atoms with Gasteiger partial charge in [-0.3, -0.25) is 0 Å². The largest absolute Gasteiger partial charge is 0.311 e. The van der Waals surface area contributed by atoms with Crippen LogP contribution in [0.1, 0.15) is 35.2 Å². The molecule has 0 saturated carbocycles. The molecule has 2 N–H and O–H groups in total. The van der Waals surface area contributed by atoms with Gasteiger partial charge in [-0.05, 0) is 49.9 Å². The van der Waals surface area contributed by atoms with Crippen LogP contribution in [0.15, 0.2) is 12.1 Å². The van der Waals surface area contributed by atoms with Crippen LogP contribution in [-0.2, 0) is 0 Å². The quantitative estimate of drug-likeness (QED) is 0.755. The maximum absolute atomic E-state index is 3.61. The topological polar surface area (TPSA) is 24.1 Å². The third kappa shape index (κ3) is 2.13. The van der Waals surface area contributed by atoms with Gasteiger partial charge in [0.05, 0.1) is 0 Å². The molecule has 2 atom stereocenters. The zero-order valence-electron chi connectivity index (χ0n) is 10.7. The molecule has 0 aromatic heterocycles. The lowest BCUT2D eigenvalue weighted by atomic mass is 9.91. The fraction of sp³-hybridized carbons (Fsp3) is 0.571. The third-order valence-electron chi connectivity index (χ3n) is 3.67. The molecule has 1 aromatic rings. The zero-order valence-corrected chi connectivity index (χ0v) is 10.7. The lowest BCUT2D eigenvalue weighted by molar-refractivity contribution is 0.344. The monoisotopic (exact) mass is 218 g/mol. The number of aryl methyl sites for hydroxylation is 3. The fourth-order valence-electron chi connectivity index (χ4n) is 2.52. The van der Waals surface area contributed by atoms with Gasteiger partial charge in [0.15, 0.2) is 0 Å². The number of piperazine rings is 1. The Morgan fingerprint density at radius 2 is 1.56 bits per heavy atom. The molecule has 2 unspecified atom stereocenters. The average Bonchev–Trinajstić information content (AvgIpc) is 2.25. The van der Waals surface area contributed by atoms with Crippen LogP contribution < -0.4 is 10.6 Å². The normalized spacial score (nSPS) is 25.8. The van der Waals surface area contributed by atoms with E-state index in [1.54, 1.807) is 0 Å². The van der Waals surface area contributed by atoms with Gasteiger partial charge >= 0.3 is 0 Å². The highest BCUT2D eigenvalue weighted by Gasteiger charge is 2.23. The van der Waals surface area contributed by atoms with Crippen LogP contribution in [0.3, 0.4) is 0 Å². The van der Waals surface area contributed by atoms with Crippen LogP contribution in [0.2, 0.25) is 0 Å². The predicted octanol–water partition coefficient (Wildman–Crippen LogP) is 2.23. The average molecular weight is 218 g/mol. The zero-order chi connectivity index (χ0) is 11.7. The lowest BCUT2D eigenvalue weighted by Gasteiger charge is -2.33. The van der Waals surface area contributed by atoms with Crippen LogP contribution in [0.5, 0.6) is 0 Å². The summed E-state index contributed by atoms with van der Waals surface area (Å²) in [5.41, 5.74) is 5.62. The van der Waals surface area contributed by atoms with E-state index in [0.717, 1.165) is 13.1 Å². The minimum absolute atomic E-state index is 0.452. The molecule has 0 spiro atoms. The Morgan fingerprint density at radius 1 is 0.938 bits per heavy atom. The highest BCUT2D eigenvalue weighted by Crippen LogP contribution is 2.25. The van der Waals surface area contributed by atoms with Crippen molar-refractivity contribution >= 4 is 0 Å². The van der Waals surface area contributed by atoms with Crippen molar-refractivity contribution in [3.63, 3.8) is 0 Å². The first-order valence-corrected chi connectivity index (χ1v) is 6.14. The Labute approximate surface area is 98.4 Å². The summed E-state index contributed by atoms with van der Waals surface area (Å²) in [7, 11) is 0. The van der Waals surface area contributed by atoms with Crippen LogP contribution >= 0.6 is 0 Å². The number of nitrogens with one attached hydrogen (secondary N) is 2. The van der Waals surface area contributed by atoms with E-state index in [2.05, 4.69) is 50.5 Å².